The summed E-state index contributed by atoms with van der Waals surface area (Å²) in [6.45, 7) is 5.67. The molecule has 152 valence electrons. The smallest absolute Gasteiger partial charge is 0.0534 e. The second-order valence-corrected chi connectivity index (χ2v) is 8.85. The number of aryl methyl sites for hydroxylation is 1. The van der Waals surface area contributed by atoms with Gasteiger partial charge in [-0.05, 0) is 49.8 Å². The van der Waals surface area contributed by atoms with Gasteiger partial charge in [-0.25, -0.2) is 0 Å². The Morgan fingerprint density at radius 3 is 2.64 bits per heavy atom. The van der Waals surface area contributed by atoms with E-state index in [0.717, 1.165) is 31.6 Å². The van der Waals surface area contributed by atoms with E-state index in [0.29, 0.717) is 0 Å². The standard InChI is InChI=1S/C23H35N5/c1-26-15-22(14-25-26)18-27(16-20-7-5-11-24-13-20)17-21-8-6-12-28(19-21)23-9-3-2-4-10-23/h5,7,11,13-15,21,23H,2-4,6,8-10,12,16-19H2,1H3/t21-/m1/s1. The summed E-state index contributed by atoms with van der Waals surface area (Å²) < 4.78 is 1.91. The van der Waals surface area contributed by atoms with Crippen molar-refractivity contribution < 1.29 is 0 Å². The molecule has 1 saturated carbocycles. The lowest BCUT2D eigenvalue weighted by atomic mass is 9.90. The van der Waals surface area contributed by atoms with Gasteiger partial charge < -0.3 is 4.90 Å². The van der Waals surface area contributed by atoms with Crippen LogP contribution in [0.4, 0.5) is 0 Å². The highest BCUT2D eigenvalue weighted by molar-refractivity contribution is 5.10. The molecule has 0 spiro atoms. The molecule has 0 aromatic carbocycles. The van der Waals surface area contributed by atoms with Crippen LogP contribution in [-0.2, 0) is 20.1 Å². The molecule has 0 bridgehead atoms. The Bertz CT molecular complexity index is 707. The lowest BCUT2D eigenvalue weighted by molar-refractivity contribution is 0.0771. The molecule has 28 heavy (non-hydrogen) atoms. The first-order chi connectivity index (χ1) is 13.8. The van der Waals surface area contributed by atoms with Crippen LogP contribution in [0.1, 0.15) is 56.1 Å². The minimum Gasteiger partial charge on any atom is -0.300 e. The summed E-state index contributed by atoms with van der Waals surface area (Å²) in [6.07, 6.45) is 17.9. The average Bonchev–Trinajstić information content (AvgIpc) is 3.14. The van der Waals surface area contributed by atoms with Gasteiger partial charge in [-0.1, -0.05) is 25.3 Å². The average molecular weight is 382 g/mol. The number of aromatic nitrogens is 3. The van der Waals surface area contributed by atoms with Gasteiger partial charge in [-0.2, -0.15) is 5.10 Å². The van der Waals surface area contributed by atoms with E-state index >= 15 is 0 Å². The molecule has 0 amide bonds. The van der Waals surface area contributed by atoms with Crippen molar-refractivity contribution in [3.63, 3.8) is 0 Å². The maximum absolute atomic E-state index is 4.37. The quantitative estimate of drug-likeness (QED) is 0.730. The first-order valence-corrected chi connectivity index (χ1v) is 11.1. The Morgan fingerprint density at radius 1 is 1.04 bits per heavy atom. The molecule has 1 saturated heterocycles. The van der Waals surface area contributed by atoms with Gasteiger partial charge in [0.25, 0.3) is 0 Å². The van der Waals surface area contributed by atoms with Crippen molar-refractivity contribution in [3.8, 4) is 0 Å². The number of nitrogens with zero attached hydrogens (tertiary/aromatic N) is 5. The molecule has 2 fully saturated rings. The van der Waals surface area contributed by atoms with E-state index < -0.39 is 0 Å². The number of hydrogen-bond acceptors (Lipinski definition) is 4. The van der Waals surface area contributed by atoms with E-state index in [1.807, 2.05) is 36.4 Å². The lowest BCUT2D eigenvalue weighted by Gasteiger charge is -2.41. The largest absolute Gasteiger partial charge is 0.300 e. The van der Waals surface area contributed by atoms with Crippen LogP contribution in [-0.4, -0.2) is 50.2 Å². The number of pyridine rings is 1. The molecule has 5 heteroatoms. The van der Waals surface area contributed by atoms with Crippen LogP contribution in [0.25, 0.3) is 0 Å². The molecule has 2 aromatic rings. The fraction of sp³-hybridized carbons (Fsp3) is 0.652. The number of rotatable bonds is 7. The zero-order chi connectivity index (χ0) is 19.2. The first-order valence-electron chi connectivity index (χ1n) is 11.1. The van der Waals surface area contributed by atoms with Gasteiger partial charge in [-0.3, -0.25) is 14.6 Å². The van der Waals surface area contributed by atoms with Crippen molar-refractivity contribution in [1.82, 2.24) is 24.6 Å². The predicted octanol–water partition coefficient (Wildman–Crippen LogP) is 3.86. The van der Waals surface area contributed by atoms with Crippen LogP contribution in [0.2, 0.25) is 0 Å². The molecule has 5 nitrogen and oxygen atoms in total. The van der Waals surface area contributed by atoms with Gasteiger partial charge in [0.05, 0.1) is 6.20 Å². The summed E-state index contributed by atoms with van der Waals surface area (Å²) in [5.74, 6) is 0.768. The van der Waals surface area contributed by atoms with Gasteiger partial charge in [0, 0.05) is 63.4 Å². The van der Waals surface area contributed by atoms with E-state index in [2.05, 4.69) is 32.1 Å². The molecular weight excluding hydrogens is 346 g/mol. The van der Waals surface area contributed by atoms with Gasteiger partial charge in [-0.15, -0.1) is 0 Å². The Hall–Kier alpha value is -1.72. The minimum atomic E-state index is 0.768. The normalized spacial score (nSPS) is 22.0. The summed E-state index contributed by atoms with van der Waals surface area (Å²) in [7, 11) is 2.00. The molecule has 1 aliphatic carbocycles. The molecule has 2 aromatic heterocycles. The highest BCUT2D eigenvalue weighted by Gasteiger charge is 2.28. The van der Waals surface area contributed by atoms with Crippen molar-refractivity contribution >= 4 is 0 Å². The molecule has 2 aliphatic rings. The third-order valence-electron chi connectivity index (χ3n) is 6.45. The SMILES string of the molecule is Cn1cc(CN(Cc2cccnc2)C[C@H]2CCCN(C3CCCCC3)C2)cn1. The van der Waals surface area contributed by atoms with E-state index in [1.54, 1.807) is 0 Å². The number of likely N-dealkylation sites (tertiary alicyclic amines) is 1. The maximum Gasteiger partial charge on any atom is 0.0534 e. The van der Waals surface area contributed by atoms with Crippen LogP contribution >= 0.6 is 0 Å². The highest BCUT2D eigenvalue weighted by atomic mass is 15.2. The van der Waals surface area contributed by atoms with Crippen LogP contribution in [0.15, 0.2) is 36.9 Å². The molecule has 1 atom stereocenters. The highest BCUT2D eigenvalue weighted by Crippen LogP contribution is 2.28. The molecule has 0 unspecified atom stereocenters. The monoisotopic (exact) mass is 381 g/mol. The Morgan fingerprint density at radius 2 is 1.89 bits per heavy atom. The van der Waals surface area contributed by atoms with Crippen molar-refractivity contribution in [2.24, 2.45) is 13.0 Å². The predicted molar refractivity (Wildman–Crippen MR) is 113 cm³/mol. The van der Waals surface area contributed by atoms with Crippen molar-refractivity contribution in [2.45, 2.75) is 64.1 Å². The summed E-state index contributed by atoms with van der Waals surface area (Å²) >= 11 is 0. The van der Waals surface area contributed by atoms with Crippen LogP contribution in [0.5, 0.6) is 0 Å². The van der Waals surface area contributed by atoms with Crippen LogP contribution < -0.4 is 0 Å². The van der Waals surface area contributed by atoms with Gasteiger partial charge in [0.1, 0.15) is 0 Å². The maximum atomic E-state index is 4.37. The van der Waals surface area contributed by atoms with Crippen molar-refractivity contribution in [1.29, 1.82) is 0 Å². The van der Waals surface area contributed by atoms with E-state index in [-0.39, 0.29) is 0 Å². The van der Waals surface area contributed by atoms with E-state index in [4.69, 9.17) is 0 Å². The van der Waals surface area contributed by atoms with Gasteiger partial charge in [0.15, 0.2) is 0 Å². The van der Waals surface area contributed by atoms with E-state index in [9.17, 15) is 0 Å². The summed E-state index contributed by atoms with van der Waals surface area (Å²) in [4.78, 5) is 9.74. The van der Waals surface area contributed by atoms with Crippen molar-refractivity contribution in [2.75, 3.05) is 19.6 Å². The lowest BCUT2D eigenvalue weighted by Crippen LogP contribution is -2.46. The summed E-state index contributed by atoms with van der Waals surface area (Å²) in [6, 6.07) is 5.09. The second kappa shape index (κ2) is 9.66. The Balaban J connectivity index is 1.40. The van der Waals surface area contributed by atoms with Crippen molar-refractivity contribution in [3.05, 3.63) is 48.0 Å². The zero-order valence-electron chi connectivity index (χ0n) is 17.3. The molecule has 0 N–H and O–H groups in total. The topological polar surface area (TPSA) is 37.2 Å². The third kappa shape index (κ3) is 5.42. The molecular formula is C23H35N5. The summed E-state index contributed by atoms with van der Waals surface area (Å²) in [5.41, 5.74) is 2.60. The number of hydrogen-bond donors (Lipinski definition) is 0. The molecule has 1 aliphatic heterocycles. The fourth-order valence-electron chi connectivity index (χ4n) is 5.14. The third-order valence-corrected chi connectivity index (χ3v) is 6.45. The Labute approximate surface area is 169 Å². The summed E-state index contributed by atoms with van der Waals surface area (Å²) in [5, 5.41) is 4.37. The van der Waals surface area contributed by atoms with Crippen LogP contribution in [0, 0.1) is 5.92 Å². The number of piperidine rings is 1. The fourth-order valence-corrected chi connectivity index (χ4v) is 5.14. The molecule has 0 radical (unpaired) electrons. The van der Waals surface area contributed by atoms with Gasteiger partial charge >= 0.3 is 0 Å². The minimum absolute atomic E-state index is 0.768. The zero-order valence-corrected chi connectivity index (χ0v) is 17.3. The molecule has 3 heterocycles. The molecule has 4 rings (SSSR count). The van der Waals surface area contributed by atoms with Crippen LogP contribution in [0.3, 0.4) is 0 Å². The Kier molecular flexibility index (Phi) is 6.76. The second-order valence-electron chi connectivity index (χ2n) is 8.85. The first kappa shape index (κ1) is 19.6. The van der Waals surface area contributed by atoms with Gasteiger partial charge in [0.2, 0.25) is 0 Å². The van der Waals surface area contributed by atoms with E-state index in [1.165, 1.54) is 69.2 Å².